The fourth-order valence-corrected chi connectivity index (χ4v) is 1.84. The molecule has 1 aromatic carbocycles. The van der Waals surface area contributed by atoms with E-state index in [-0.39, 0.29) is 12.1 Å². The number of alkyl halides is 13. The third kappa shape index (κ3) is 3.26. The lowest BCUT2D eigenvalue weighted by atomic mass is 9.89. The topological polar surface area (TPSA) is 20.2 Å². The molecule has 0 bridgehead atoms. The van der Waals surface area contributed by atoms with Gasteiger partial charge in [-0.15, -0.1) is 0 Å². The average molecular weight is 444 g/mol. The largest absolute Gasteiger partial charge is 0.460 e. The van der Waals surface area contributed by atoms with Gasteiger partial charge >= 0.3 is 35.8 Å². The predicted octanol–water partition coefficient (Wildman–Crippen LogP) is 5.60. The summed E-state index contributed by atoms with van der Waals surface area (Å²) in [7, 11) is 0. The molecule has 0 aliphatic carbocycles. The first kappa shape index (κ1) is 24.2. The van der Waals surface area contributed by atoms with E-state index >= 15 is 0 Å². The van der Waals surface area contributed by atoms with Gasteiger partial charge in [0.1, 0.15) is 11.9 Å². The summed E-state index contributed by atoms with van der Waals surface area (Å²) < 4.78 is 181. The number of hydrogen-bond acceptors (Lipinski definition) is 1. The van der Waals surface area contributed by atoms with Gasteiger partial charge in [0.15, 0.2) is 0 Å². The zero-order valence-corrected chi connectivity index (χ0v) is 12.6. The van der Waals surface area contributed by atoms with Crippen LogP contribution in [-0.2, 0) is 0 Å². The minimum absolute atomic E-state index is 0.116. The Labute approximate surface area is 145 Å². The molecule has 0 aliphatic heterocycles. The lowest BCUT2D eigenvalue weighted by molar-refractivity contribution is -0.444. The molecular formula is C13H6F14O. The number of aliphatic hydroxyl groups excluding tert-OH is 1. The van der Waals surface area contributed by atoms with Gasteiger partial charge in [-0.05, 0) is 17.7 Å². The van der Waals surface area contributed by atoms with Gasteiger partial charge in [0, 0.05) is 0 Å². The predicted molar refractivity (Wildman–Crippen MR) is 62.1 cm³/mol. The van der Waals surface area contributed by atoms with Crippen molar-refractivity contribution < 1.29 is 66.6 Å². The van der Waals surface area contributed by atoms with E-state index in [4.69, 9.17) is 5.11 Å². The maximum atomic E-state index is 13.7. The van der Waals surface area contributed by atoms with Crippen molar-refractivity contribution in [2.24, 2.45) is 0 Å². The highest BCUT2D eigenvalue weighted by Crippen LogP contribution is 2.61. The van der Waals surface area contributed by atoms with Crippen molar-refractivity contribution in [1.29, 1.82) is 0 Å². The lowest BCUT2D eigenvalue weighted by Gasteiger charge is -2.40. The van der Waals surface area contributed by atoms with Crippen LogP contribution in [0.2, 0.25) is 0 Å². The molecule has 0 radical (unpaired) electrons. The Morgan fingerprint density at radius 1 is 0.643 bits per heavy atom. The highest BCUT2D eigenvalue weighted by Gasteiger charge is 2.91. The fourth-order valence-electron chi connectivity index (χ4n) is 1.84. The van der Waals surface area contributed by atoms with E-state index in [9.17, 15) is 61.5 Å². The maximum Gasteiger partial charge on any atom is 0.460 e. The summed E-state index contributed by atoms with van der Waals surface area (Å²) in [5.74, 6) is -39.8. The van der Waals surface area contributed by atoms with Crippen molar-refractivity contribution in [3.8, 4) is 0 Å². The van der Waals surface area contributed by atoms with Crippen molar-refractivity contribution in [1.82, 2.24) is 0 Å². The molecule has 1 aromatic rings. The minimum atomic E-state index is -8.06. The van der Waals surface area contributed by atoms with Crippen LogP contribution < -0.4 is 0 Å². The molecule has 1 rings (SSSR count). The van der Waals surface area contributed by atoms with Crippen LogP contribution in [0.5, 0.6) is 0 Å². The van der Waals surface area contributed by atoms with Crippen molar-refractivity contribution in [3.63, 3.8) is 0 Å². The molecule has 15 heteroatoms. The van der Waals surface area contributed by atoms with Crippen LogP contribution in [0.3, 0.4) is 0 Å². The molecule has 0 spiro atoms. The Balaban J connectivity index is 3.52. The standard InChI is InChI=1S/C13H6F14O/c14-6-3-1-2-5(4-6)7(28)8(15,16)9(17,18)10(19,20)11(21,22)12(23,24)13(25,26)27/h1-4,7,28H. The molecule has 0 amide bonds. The summed E-state index contributed by atoms with van der Waals surface area (Å²) in [5, 5.41) is 9.12. The molecule has 0 heterocycles. The van der Waals surface area contributed by atoms with Crippen molar-refractivity contribution >= 4 is 0 Å². The van der Waals surface area contributed by atoms with E-state index in [0.29, 0.717) is 12.1 Å². The van der Waals surface area contributed by atoms with Gasteiger partial charge < -0.3 is 5.11 Å². The van der Waals surface area contributed by atoms with E-state index in [2.05, 4.69) is 0 Å². The third-order valence-electron chi connectivity index (χ3n) is 3.47. The van der Waals surface area contributed by atoms with E-state index in [0.717, 1.165) is 0 Å². The summed E-state index contributed by atoms with van der Waals surface area (Å²) in [6, 6.07) is 1.12. The fraction of sp³-hybridized carbons (Fsp3) is 0.538. The van der Waals surface area contributed by atoms with Gasteiger partial charge in [-0.1, -0.05) is 12.1 Å². The summed E-state index contributed by atoms with van der Waals surface area (Å²) in [4.78, 5) is 0. The van der Waals surface area contributed by atoms with Crippen LogP contribution in [0.15, 0.2) is 24.3 Å². The molecule has 1 nitrogen and oxygen atoms in total. The molecule has 1 unspecified atom stereocenters. The average Bonchev–Trinajstić information content (AvgIpc) is 2.52. The SMILES string of the molecule is OC(c1cccc(F)c1)C(F)(F)C(F)(F)C(F)(F)C(F)(F)C(F)(F)C(F)(F)F. The molecule has 0 aliphatic rings. The van der Waals surface area contributed by atoms with Gasteiger partial charge in [0.25, 0.3) is 0 Å². The second-order valence-corrected chi connectivity index (χ2v) is 5.38. The summed E-state index contributed by atoms with van der Waals surface area (Å²) in [5.41, 5.74) is -1.58. The quantitative estimate of drug-likeness (QED) is 0.567. The van der Waals surface area contributed by atoms with Crippen LogP contribution in [0.1, 0.15) is 11.7 Å². The molecule has 0 aromatic heterocycles. The third-order valence-corrected chi connectivity index (χ3v) is 3.47. The van der Waals surface area contributed by atoms with Gasteiger partial charge in [-0.3, -0.25) is 0 Å². The van der Waals surface area contributed by atoms with Crippen LogP contribution in [0.25, 0.3) is 0 Å². The number of hydrogen-bond donors (Lipinski definition) is 1. The van der Waals surface area contributed by atoms with Crippen molar-refractivity contribution in [2.45, 2.75) is 41.9 Å². The Kier molecular flexibility index (Phi) is 5.73. The molecule has 162 valence electrons. The number of rotatable bonds is 6. The van der Waals surface area contributed by atoms with E-state index in [1.54, 1.807) is 0 Å². The molecule has 1 atom stereocenters. The van der Waals surface area contributed by atoms with Crippen LogP contribution in [-0.4, -0.2) is 40.9 Å². The molecule has 1 N–H and O–H groups in total. The molecule has 0 saturated heterocycles. The Hall–Kier alpha value is -1.80. The first-order chi connectivity index (χ1) is 12.2. The Bertz CT molecular complexity index is 707. The highest BCUT2D eigenvalue weighted by atomic mass is 19.4. The van der Waals surface area contributed by atoms with Crippen molar-refractivity contribution in [3.05, 3.63) is 35.6 Å². The van der Waals surface area contributed by atoms with Gasteiger partial charge in [0.05, 0.1) is 0 Å². The van der Waals surface area contributed by atoms with Crippen LogP contribution >= 0.6 is 0 Å². The number of benzene rings is 1. The minimum Gasteiger partial charge on any atom is -0.382 e. The van der Waals surface area contributed by atoms with E-state index < -0.39 is 53.3 Å². The number of halogens is 14. The molecule has 0 saturated carbocycles. The molecule has 0 fully saturated rings. The van der Waals surface area contributed by atoms with Gasteiger partial charge in [0.2, 0.25) is 0 Å². The monoisotopic (exact) mass is 444 g/mol. The first-order valence-electron chi connectivity index (χ1n) is 6.55. The lowest BCUT2D eigenvalue weighted by Crippen LogP contribution is -2.70. The second-order valence-electron chi connectivity index (χ2n) is 5.38. The van der Waals surface area contributed by atoms with E-state index in [1.807, 2.05) is 0 Å². The summed E-state index contributed by atoms with van der Waals surface area (Å²) >= 11 is 0. The summed E-state index contributed by atoms with van der Waals surface area (Å²) in [6.45, 7) is 0. The van der Waals surface area contributed by atoms with Crippen LogP contribution in [0.4, 0.5) is 61.5 Å². The second kappa shape index (κ2) is 6.62. The van der Waals surface area contributed by atoms with Gasteiger partial charge in [-0.2, -0.15) is 57.1 Å². The normalized spacial score (nSPS) is 16.2. The Morgan fingerprint density at radius 3 is 1.46 bits per heavy atom. The van der Waals surface area contributed by atoms with Crippen LogP contribution in [0, 0.1) is 5.82 Å². The summed E-state index contributed by atoms with van der Waals surface area (Å²) in [6.07, 6.45) is -11.7. The zero-order valence-electron chi connectivity index (χ0n) is 12.6. The first-order valence-corrected chi connectivity index (χ1v) is 6.55. The zero-order chi connectivity index (χ0) is 22.6. The van der Waals surface area contributed by atoms with Gasteiger partial charge in [-0.25, -0.2) is 4.39 Å². The maximum absolute atomic E-state index is 13.7. The smallest absolute Gasteiger partial charge is 0.382 e. The molecule has 28 heavy (non-hydrogen) atoms. The highest BCUT2D eigenvalue weighted by molar-refractivity contribution is 5.23. The Morgan fingerprint density at radius 2 is 1.07 bits per heavy atom. The molecular weight excluding hydrogens is 438 g/mol. The number of aliphatic hydroxyl groups is 1. The van der Waals surface area contributed by atoms with E-state index in [1.165, 1.54) is 0 Å². The van der Waals surface area contributed by atoms with Crippen molar-refractivity contribution in [2.75, 3.05) is 0 Å².